The Balaban J connectivity index is 4.71. The number of rotatable bonds is 9. The van der Waals surface area contributed by atoms with Crippen LogP contribution in [0.5, 0.6) is 0 Å². The molecule has 0 aliphatic heterocycles. The molecule has 2 atom stereocenters. The smallest absolute Gasteiger partial charge is 0.240 e. The van der Waals surface area contributed by atoms with Gasteiger partial charge in [-0.05, 0) is 44.6 Å². The van der Waals surface area contributed by atoms with Gasteiger partial charge in [-0.25, -0.2) is 0 Å². The fourth-order valence-electron chi connectivity index (χ4n) is 2.63. The molecule has 0 heterocycles. The van der Waals surface area contributed by atoms with Crippen molar-refractivity contribution in [3.05, 3.63) is 0 Å². The van der Waals surface area contributed by atoms with Crippen LogP contribution in [-0.4, -0.2) is 24.5 Å². The van der Waals surface area contributed by atoms with Crippen LogP contribution in [0.1, 0.15) is 61.3 Å². The lowest BCUT2D eigenvalue weighted by Crippen LogP contribution is -2.56. The van der Waals surface area contributed by atoms with Crippen molar-refractivity contribution in [3.63, 3.8) is 0 Å². The zero-order chi connectivity index (χ0) is 15.1. The Hall–Kier alpha value is -0.570. The van der Waals surface area contributed by atoms with Crippen molar-refractivity contribution in [2.45, 2.75) is 66.8 Å². The van der Waals surface area contributed by atoms with Crippen LogP contribution in [-0.2, 0) is 4.79 Å². The zero-order valence-electron chi connectivity index (χ0n) is 14.0. The first-order valence-electron chi connectivity index (χ1n) is 7.80. The molecule has 2 N–H and O–H groups in total. The molecule has 0 rings (SSSR count). The number of amides is 1. The maximum Gasteiger partial charge on any atom is 0.240 e. The molecule has 0 aliphatic carbocycles. The van der Waals surface area contributed by atoms with E-state index < -0.39 is 5.54 Å². The van der Waals surface area contributed by atoms with Crippen molar-refractivity contribution in [2.24, 2.45) is 17.8 Å². The second-order valence-corrected chi connectivity index (χ2v) is 6.58. The molecule has 0 saturated heterocycles. The van der Waals surface area contributed by atoms with E-state index in [4.69, 9.17) is 0 Å². The molecule has 114 valence electrons. The topological polar surface area (TPSA) is 41.1 Å². The van der Waals surface area contributed by atoms with E-state index in [-0.39, 0.29) is 5.91 Å². The molecule has 0 saturated carbocycles. The molecule has 19 heavy (non-hydrogen) atoms. The van der Waals surface area contributed by atoms with Gasteiger partial charge in [0.25, 0.3) is 0 Å². The minimum Gasteiger partial charge on any atom is -0.355 e. The van der Waals surface area contributed by atoms with Gasteiger partial charge in [0.05, 0.1) is 5.54 Å². The fourth-order valence-corrected chi connectivity index (χ4v) is 2.63. The summed E-state index contributed by atoms with van der Waals surface area (Å²) in [4.78, 5) is 12.3. The average molecular weight is 270 g/mol. The third-order valence-corrected chi connectivity index (χ3v) is 3.88. The molecule has 3 heteroatoms. The van der Waals surface area contributed by atoms with Crippen LogP contribution in [0.4, 0.5) is 0 Å². The number of likely N-dealkylation sites (N-methyl/N-ethyl adjacent to an activating group) is 1. The van der Waals surface area contributed by atoms with E-state index in [0.29, 0.717) is 24.3 Å². The summed E-state index contributed by atoms with van der Waals surface area (Å²) in [6.45, 7) is 16.7. The second kappa shape index (κ2) is 8.57. The summed E-state index contributed by atoms with van der Waals surface area (Å²) in [6.07, 6.45) is 2.02. The van der Waals surface area contributed by atoms with Gasteiger partial charge in [0, 0.05) is 6.54 Å². The quantitative estimate of drug-likeness (QED) is 0.675. The third-order valence-electron chi connectivity index (χ3n) is 3.88. The highest BCUT2D eigenvalue weighted by Gasteiger charge is 2.33. The normalized spacial score (nSPS) is 16.5. The van der Waals surface area contributed by atoms with E-state index in [1.54, 1.807) is 0 Å². The highest BCUT2D eigenvalue weighted by Crippen LogP contribution is 2.20. The Labute approximate surface area is 119 Å². The fraction of sp³-hybridized carbons (Fsp3) is 0.938. The predicted octanol–water partition coefficient (Wildman–Crippen LogP) is 3.20. The van der Waals surface area contributed by atoms with Crippen LogP contribution in [0, 0.1) is 17.8 Å². The number of carbonyl (C=O) groups excluding carboxylic acids is 1. The lowest BCUT2D eigenvalue weighted by Gasteiger charge is -2.33. The van der Waals surface area contributed by atoms with Crippen LogP contribution in [0.25, 0.3) is 0 Å². The number of nitrogens with one attached hydrogen (secondary N) is 2. The largest absolute Gasteiger partial charge is 0.355 e. The van der Waals surface area contributed by atoms with Crippen molar-refractivity contribution >= 4 is 5.91 Å². The van der Waals surface area contributed by atoms with Crippen LogP contribution in [0.15, 0.2) is 0 Å². The monoisotopic (exact) mass is 270 g/mol. The molecule has 3 nitrogen and oxygen atoms in total. The van der Waals surface area contributed by atoms with Gasteiger partial charge in [-0.15, -0.1) is 0 Å². The van der Waals surface area contributed by atoms with Crippen molar-refractivity contribution in [2.75, 3.05) is 13.1 Å². The number of hydrogen-bond donors (Lipinski definition) is 2. The Bertz CT molecular complexity index is 263. The molecular formula is C16H34N2O. The first-order valence-corrected chi connectivity index (χ1v) is 7.80. The maximum absolute atomic E-state index is 12.3. The van der Waals surface area contributed by atoms with Gasteiger partial charge in [0.15, 0.2) is 0 Å². The Kier molecular flexibility index (Phi) is 8.31. The zero-order valence-corrected chi connectivity index (χ0v) is 14.0. The molecule has 0 spiro atoms. The van der Waals surface area contributed by atoms with Gasteiger partial charge >= 0.3 is 0 Å². The summed E-state index contributed by atoms with van der Waals surface area (Å²) in [5.41, 5.74) is -0.452. The van der Waals surface area contributed by atoms with Crippen LogP contribution in [0.2, 0.25) is 0 Å². The molecular weight excluding hydrogens is 236 g/mol. The number of carbonyl (C=O) groups is 1. The summed E-state index contributed by atoms with van der Waals surface area (Å²) in [6, 6.07) is 0. The Morgan fingerprint density at radius 2 is 1.74 bits per heavy atom. The summed E-state index contributed by atoms with van der Waals surface area (Å²) < 4.78 is 0. The average Bonchev–Trinajstić information content (AvgIpc) is 2.28. The van der Waals surface area contributed by atoms with Gasteiger partial charge < -0.3 is 10.6 Å². The molecule has 0 aromatic rings. The van der Waals surface area contributed by atoms with Crippen LogP contribution in [0.3, 0.4) is 0 Å². The van der Waals surface area contributed by atoms with E-state index in [9.17, 15) is 4.79 Å². The summed E-state index contributed by atoms with van der Waals surface area (Å²) in [5, 5.41) is 6.49. The van der Waals surface area contributed by atoms with Gasteiger partial charge in [-0.2, -0.15) is 0 Å². The van der Waals surface area contributed by atoms with Gasteiger partial charge in [0.2, 0.25) is 5.91 Å². The van der Waals surface area contributed by atoms with E-state index in [1.807, 2.05) is 13.8 Å². The molecule has 0 aromatic heterocycles. The van der Waals surface area contributed by atoms with Crippen LogP contribution >= 0.6 is 0 Å². The van der Waals surface area contributed by atoms with E-state index in [1.165, 1.54) is 0 Å². The SMILES string of the molecule is CCNC(=O)C(C)(CC(C)C)NCC(CC)C(C)C. The molecule has 0 aliphatic rings. The molecule has 2 unspecified atom stereocenters. The lowest BCUT2D eigenvalue weighted by molar-refractivity contribution is -0.127. The van der Waals surface area contributed by atoms with Crippen molar-refractivity contribution < 1.29 is 4.79 Å². The first-order chi connectivity index (χ1) is 8.76. The van der Waals surface area contributed by atoms with Gasteiger partial charge in [0.1, 0.15) is 0 Å². The molecule has 0 bridgehead atoms. The maximum atomic E-state index is 12.3. The highest BCUT2D eigenvalue weighted by atomic mass is 16.2. The minimum absolute atomic E-state index is 0.127. The van der Waals surface area contributed by atoms with Crippen molar-refractivity contribution in [1.82, 2.24) is 10.6 Å². The lowest BCUT2D eigenvalue weighted by atomic mass is 9.87. The Morgan fingerprint density at radius 3 is 2.11 bits per heavy atom. The number of hydrogen-bond acceptors (Lipinski definition) is 2. The van der Waals surface area contributed by atoms with Crippen LogP contribution < -0.4 is 10.6 Å². The second-order valence-electron chi connectivity index (χ2n) is 6.58. The van der Waals surface area contributed by atoms with E-state index >= 15 is 0 Å². The van der Waals surface area contributed by atoms with E-state index in [2.05, 4.69) is 45.3 Å². The highest BCUT2D eigenvalue weighted by molar-refractivity contribution is 5.85. The molecule has 1 amide bonds. The molecule has 0 fully saturated rings. The molecule has 0 aromatic carbocycles. The van der Waals surface area contributed by atoms with Crippen molar-refractivity contribution in [3.8, 4) is 0 Å². The summed E-state index contributed by atoms with van der Waals surface area (Å²) >= 11 is 0. The van der Waals surface area contributed by atoms with Crippen molar-refractivity contribution in [1.29, 1.82) is 0 Å². The first kappa shape index (κ1) is 18.4. The van der Waals surface area contributed by atoms with E-state index in [0.717, 1.165) is 19.4 Å². The molecule has 0 radical (unpaired) electrons. The third kappa shape index (κ3) is 6.42. The predicted molar refractivity (Wildman–Crippen MR) is 83.2 cm³/mol. The standard InChI is InChI=1S/C16H34N2O/c1-8-14(13(5)6)11-18-16(7,10-12(3)4)15(19)17-9-2/h12-14,18H,8-11H2,1-7H3,(H,17,19). The summed E-state index contributed by atoms with van der Waals surface area (Å²) in [7, 11) is 0. The summed E-state index contributed by atoms with van der Waals surface area (Å²) in [5.74, 6) is 1.90. The Morgan fingerprint density at radius 1 is 1.16 bits per heavy atom. The van der Waals surface area contributed by atoms with Gasteiger partial charge in [-0.1, -0.05) is 41.0 Å². The minimum atomic E-state index is -0.452. The van der Waals surface area contributed by atoms with Gasteiger partial charge in [-0.3, -0.25) is 4.79 Å².